The van der Waals surface area contributed by atoms with Crippen molar-refractivity contribution in [3.8, 4) is 0 Å². The summed E-state index contributed by atoms with van der Waals surface area (Å²) in [5.41, 5.74) is 0. The molecule has 2 aliphatic carbocycles. The molecule has 0 radical (unpaired) electrons. The van der Waals surface area contributed by atoms with Gasteiger partial charge in [-0.15, -0.1) is 11.3 Å². The molecule has 2 aliphatic rings. The lowest BCUT2D eigenvalue weighted by Crippen LogP contribution is -2.23. The monoisotopic (exact) mass is 313 g/mol. The summed E-state index contributed by atoms with van der Waals surface area (Å²) in [7, 11) is 0. The summed E-state index contributed by atoms with van der Waals surface area (Å²) in [6, 6.07) is 2.95. The first-order valence-electron chi connectivity index (χ1n) is 6.71. The van der Waals surface area contributed by atoms with Crippen LogP contribution in [-0.4, -0.2) is 6.54 Å². The quantitative estimate of drug-likeness (QED) is 0.862. The van der Waals surface area contributed by atoms with Gasteiger partial charge in [-0.3, -0.25) is 0 Å². The first kappa shape index (κ1) is 12.2. The molecule has 1 N–H and O–H groups in total. The highest BCUT2D eigenvalue weighted by atomic mass is 79.9. The van der Waals surface area contributed by atoms with Gasteiger partial charge in [-0.1, -0.05) is 13.3 Å². The third kappa shape index (κ3) is 2.11. The SMILES string of the molecule is CCNC(c1cc(Br)c(C)s1)C1C2CCCC21. The van der Waals surface area contributed by atoms with E-state index in [0.29, 0.717) is 6.04 Å². The number of halogens is 1. The molecule has 0 amide bonds. The second kappa shape index (κ2) is 4.67. The molecule has 3 unspecified atom stereocenters. The van der Waals surface area contributed by atoms with E-state index in [2.05, 4.69) is 41.2 Å². The van der Waals surface area contributed by atoms with Gasteiger partial charge in [0.15, 0.2) is 0 Å². The fraction of sp³-hybridized carbons (Fsp3) is 0.714. The van der Waals surface area contributed by atoms with E-state index in [0.717, 1.165) is 24.3 Å². The van der Waals surface area contributed by atoms with Crippen LogP contribution in [0.2, 0.25) is 0 Å². The average molecular weight is 314 g/mol. The Kier molecular flexibility index (Phi) is 3.35. The van der Waals surface area contributed by atoms with Crippen molar-refractivity contribution in [2.75, 3.05) is 6.54 Å². The van der Waals surface area contributed by atoms with Gasteiger partial charge >= 0.3 is 0 Å². The zero-order chi connectivity index (χ0) is 12.0. The minimum Gasteiger partial charge on any atom is -0.309 e. The maximum Gasteiger partial charge on any atom is 0.0449 e. The van der Waals surface area contributed by atoms with Crippen molar-refractivity contribution < 1.29 is 0 Å². The highest BCUT2D eigenvalue weighted by molar-refractivity contribution is 9.10. The van der Waals surface area contributed by atoms with E-state index in [-0.39, 0.29) is 0 Å². The summed E-state index contributed by atoms with van der Waals surface area (Å²) in [5, 5.41) is 3.72. The van der Waals surface area contributed by atoms with Crippen LogP contribution in [0.25, 0.3) is 0 Å². The molecule has 1 aromatic heterocycles. The molecule has 3 rings (SSSR count). The fourth-order valence-corrected chi connectivity index (χ4v) is 5.35. The maximum absolute atomic E-state index is 3.72. The van der Waals surface area contributed by atoms with E-state index in [1.54, 1.807) is 0 Å². The van der Waals surface area contributed by atoms with Crippen LogP contribution in [-0.2, 0) is 0 Å². The first-order valence-corrected chi connectivity index (χ1v) is 8.32. The molecule has 0 saturated heterocycles. The van der Waals surface area contributed by atoms with E-state index in [4.69, 9.17) is 0 Å². The summed E-state index contributed by atoms with van der Waals surface area (Å²) in [6.07, 6.45) is 4.42. The van der Waals surface area contributed by atoms with Gasteiger partial charge in [0.05, 0.1) is 0 Å². The summed E-state index contributed by atoms with van der Waals surface area (Å²) >= 11 is 5.61. The lowest BCUT2D eigenvalue weighted by Gasteiger charge is -2.18. The predicted molar refractivity (Wildman–Crippen MR) is 77.5 cm³/mol. The van der Waals surface area contributed by atoms with Gasteiger partial charge < -0.3 is 5.32 Å². The summed E-state index contributed by atoms with van der Waals surface area (Å²) < 4.78 is 1.28. The van der Waals surface area contributed by atoms with E-state index in [1.807, 2.05) is 11.3 Å². The smallest absolute Gasteiger partial charge is 0.0449 e. The topological polar surface area (TPSA) is 12.0 Å². The van der Waals surface area contributed by atoms with Gasteiger partial charge in [0.2, 0.25) is 0 Å². The normalized spacial score (nSPS) is 32.5. The Labute approximate surface area is 116 Å². The van der Waals surface area contributed by atoms with Crippen LogP contribution in [0.5, 0.6) is 0 Å². The van der Waals surface area contributed by atoms with Crippen LogP contribution in [0.4, 0.5) is 0 Å². The number of fused-ring (bicyclic) bond motifs is 1. The van der Waals surface area contributed by atoms with Crippen LogP contribution in [0.15, 0.2) is 10.5 Å². The Morgan fingerprint density at radius 2 is 2.18 bits per heavy atom. The largest absolute Gasteiger partial charge is 0.309 e. The van der Waals surface area contributed by atoms with Crippen LogP contribution < -0.4 is 5.32 Å². The van der Waals surface area contributed by atoms with Gasteiger partial charge in [0, 0.05) is 20.3 Å². The van der Waals surface area contributed by atoms with Crippen molar-refractivity contribution in [1.29, 1.82) is 0 Å². The number of hydrogen-bond acceptors (Lipinski definition) is 2. The second-order valence-corrected chi connectivity index (χ2v) is 7.57. The number of nitrogens with one attached hydrogen (secondary N) is 1. The summed E-state index contributed by atoms with van der Waals surface area (Å²) in [4.78, 5) is 2.95. The molecular weight excluding hydrogens is 294 g/mol. The highest BCUT2D eigenvalue weighted by Crippen LogP contribution is 2.62. The minimum atomic E-state index is 0.616. The van der Waals surface area contributed by atoms with Crippen molar-refractivity contribution in [1.82, 2.24) is 5.32 Å². The van der Waals surface area contributed by atoms with Crippen molar-refractivity contribution >= 4 is 27.3 Å². The molecule has 94 valence electrons. The number of rotatable bonds is 4. The zero-order valence-electron chi connectivity index (χ0n) is 10.5. The molecule has 1 heterocycles. The zero-order valence-corrected chi connectivity index (χ0v) is 12.9. The van der Waals surface area contributed by atoms with Gasteiger partial charge in [0.25, 0.3) is 0 Å². The molecule has 0 spiro atoms. The third-order valence-electron chi connectivity index (χ3n) is 4.46. The molecule has 3 atom stereocenters. The second-order valence-electron chi connectivity index (χ2n) is 5.42. The Balaban J connectivity index is 1.80. The van der Waals surface area contributed by atoms with Crippen LogP contribution in [0, 0.1) is 24.7 Å². The van der Waals surface area contributed by atoms with Gasteiger partial charge in [-0.05, 0) is 66.1 Å². The average Bonchev–Trinajstić information content (AvgIpc) is 2.66. The lowest BCUT2D eigenvalue weighted by atomic mass is 10.0. The third-order valence-corrected chi connectivity index (χ3v) is 6.68. The van der Waals surface area contributed by atoms with E-state index in [9.17, 15) is 0 Å². The molecule has 17 heavy (non-hydrogen) atoms. The van der Waals surface area contributed by atoms with Gasteiger partial charge in [0.1, 0.15) is 0 Å². The van der Waals surface area contributed by atoms with Crippen molar-refractivity contribution in [3.63, 3.8) is 0 Å². The Bertz CT molecular complexity index is 385. The number of hydrogen-bond donors (Lipinski definition) is 1. The minimum absolute atomic E-state index is 0.616. The molecule has 0 aromatic carbocycles. The van der Waals surface area contributed by atoms with Gasteiger partial charge in [-0.2, -0.15) is 0 Å². The summed E-state index contributed by atoms with van der Waals surface area (Å²) in [5.74, 6) is 2.98. The lowest BCUT2D eigenvalue weighted by molar-refractivity contribution is 0.431. The fourth-order valence-electron chi connectivity index (χ4n) is 3.65. The molecule has 0 bridgehead atoms. The molecule has 1 aromatic rings. The molecular formula is C14H20BrNS. The molecule has 1 nitrogen and oxygen atoms in total. The first-order chi connectivity index (χ1) is 8.22. The molecule has 0 aliphatic heterocycles. The Morgan fingerprint density at radius 1 is 1.47 bits per heavy atom. The van der Waals surface area contributed by atoms with Crippen LogP contribution in [0.1, 0.15) is 42.0 Å². The van der Waals surface area contributed by atoms with Crippen LogP contribution >= 0.6 is 27.3 Å². The molecule has 2 saturated carbocycles. The van der Waals surface area contributed by atoms with Crippen LogP contribution in [0.3, 0.4) is 0 Å². The Hall–Kier alpha value is 0.140. The molecule has 3 heteroatoms. The van der Waals surface area contributed by atoms with Gasteiger partial charge in [-0.25, -0.2) is 0 Å². The van der Waals surface area contributed by atoms with E-state index >= 15 is 0 Å². The van der Waals surface area contributed by atoms with E-state index < -0.39 is 0 Å². The predicted octanol–water partition coefficient (Wildman–Crippen LogP) is 4.52. The van der Waals surface area contributed by atoms with Crippen molar-refractivity contribution in [3.05, 3.63) is 20.3 Å². The highest BCUT2D eigenvalue weighted by Gasteiger charge is 2.56. The van der Waals surface area contributed by atoms with E-state index in [1.165, 1.54) is 33.5 Å². The van der Waals surface area contributed by atoms with Crippen molar-refractivity contribution in [2.24, 2.45) is 17.8 Å². The Morgan fingerprint density at radius 3 is 2.71 bits per heavy atom. The maximum atomic E-state index is 3.72. The molecule has 2 fully saturated rings. The van der Waals surface area contributed by atoms with Crippen molar-refractivity contribution in [2.45, 2.75) is 39.2 Å². The summed E-state index contributed by atoms with van der Waals surface area (Å²) in [6.45, 7) is 5.50. The standard InChI is InChI=1S/C14H20BrNS/c1-3-16-14(12-7-11(15)8(2)17-12)13-9-5-4-6-10(9)13/h7,9-10,13-14,16H,3-6H2,1-2H3. The number of aryl methyl sites for hydroxylation is 1. The number of thiophene rings is 1.